The molecule has 0 aromatic rings. The number of nitrogens with zero attached hydrogens (tertiary/aromatic N) is 5. The molecule has 4 saturated carbocycles. The van der Waals surface area contributed by atoms with Crippen molar-refractivity contribution in [3.8, 4) is 0 Å². The minimum Gasteiger partial charge on any atom is -0.313 e. The molecule has 1 amide bonds. The SMILES string of the molecule is COS(CC(=O)N=[N+]=[N-])(N1CC2CCCC3CCC(C1)C32)N1CC2CCCC3CCC(C1)C32. The normalized spacial score (nSPS) is 45.4. The van der Waals surface area contributed by atoms with E-state index in [1.54, 1.807) is 0 Å². The molecule has 8 atom stereocenters. The van der Waals surface area contributed by atoms with Crippen molar-refractivity contribution in [2.75, 3.05) is 39.0 Å². The Balaban J connectivity index is 1.32. The zero-order valence-corrected chi connectivity index (χ0v) is 21.0. The summed E-state index contributed by atoms with van der Waals surface area (Å²) in [6.45, 7) is 4.23. The number of carbonyl (C=O) groups excluding carboxylic acids is 1. The van der Waals surface area contributed by atoms with E-state index in [0.717, 1.165) is 73.5 Å². The predicted octanol–water partition coefficient (Wildman–Crippen LogP) is 5.54. The van der Waals surface area contributed by atoms with Crippen LogP contribution >= 0.6 is 10.7 Å². The predicted molar refractivity (Wildman–Crippen MR) is 131 cm³/mol. The molecule has 33 heavy (non-hydrogen) atoms. The highest BCUT2D eigenvalue weighted by Crippen LogP contribution is 2.64. The van der Waals surface area contributed by atoms with E-state index in [4.69, 9.17) is 9.71 Å². The fourth-order valence-electron chi connectivity index (χ4n) is 9.65. The standard InChI is InChI=1S/C25H41N5O2S/c1-32-33(16-23(31)27-28-26,29-12-19-6-2-4-17-8-10-21(14-29)24(17)19)30-13-20-7-3-5-18-9-11-22(15-30)25(18)20/h17-22,24-25H,2-16H2,1H3. The average Bonchev–Trinajstić information content (AvgIpc) is 3.44. The molecule has 6 rings (SSSR count). The molecular weight excluding hydrogens is 434 g/mol. The lowest BCUT2D eigenvalue weighted by Gasteiger charge is -2.61. The van der Waals surface area contributed by atoms with E-state index in [0.29, 0.717) is 0 Å². The summed E-state index contributed by atoms with van der Waals surface area (Å²) in [6.07, 6.45) is 13.7. The monoisotopic (exact) mass is 475 g/mol. The molecule has 8 unspecified atom stereocenters. The summed E-state index contributed by atoms with van der Waals surface area (Å²) in [5.74, 6) is 6.49. The van der Waals surface area contributed by atoms with Crippen LogP contribution in [0, 0.1) is 47.3 Å². The zero-order valence-electron chi connectivity index (χ0n) is 20.2. The van der Waals surface area contributed by atoms with Gasteiger partial charge in [-0.3, -0.25) is 4.79 Å². The van der Waals surface area contributed by atoms with Gasteiger partial charge in [-0.1, -0.05) is 25.7 Å². The minimum atomic E-state index is -1.96. The third-order valence-electron chi connectivity index (χ3n) is 10.7. The lowest BCUT2D eigenvalue weighted by atomic mass is 9.69. The zero-order chi connectivity index (χ0) is 22.6. The molecule has 0 N–H and O–H groups in total. The van der Waals surface area contributed by atoms with E-state index in [-0.39, 0.29) is 11.7 Å². The number of amides is 1. The Kier molecular flexibility index (Phi) is 6.19. The van der Waals surface area contributed by atoms with Gasteiger partial charge in [0.1, 0.15) is 0 Å². The highest BCUT2D eigenvalue weighted by atomic mass is 32.3. The van der Waals surface area contributed by atoms with E-state index in [2.05, 4.69) is 18.6 Å². The van der Waals surface area contributed by atoms with Crippen molar-refractivity contribution in [1.82, 2.24) is 8.61 Å². The largest absolute Gasteiger partial charge is 0.313 e. The Morgan fingerprint density at radius 2 is 1.24 bits per heavy atom. The Labute approximate surface area is 200 Å². The lowest BCUT2D eigenvalue weighted by molar-refractivity contribution is -0.115. The second-order valence-corrected chi connectivity index (χ2v) is 14.8. The summed E-state index contributed by atoms with van der Waals surface area (Å²) in [7, 11) is -0.130. The van der Waals surface area contributed by atoms with Gasteiger partial charge in [0.15, 0.2) is 0 Å². The quantitative estimate of drug-likeness (QED) is 0.297. The molecule has 4 aliphatic carbocycles. The van der Waals surface area contributed by atoms with Crippen molar-refractivity contribution < 1.29 is 8.98 Å². The number of rotatable bonds is 5. The number of azide groups is 1. The maximum absolute atomic E-state index is 12.9. The molecule has 184 valence electrons. The molecule has 0 aromatic carbocycles. The van der Waals surface area contributed by atoms with Crippen molar-refractivity contribution in [1.29, 1.82) is 0 Å². The van der Waals surface area contributed by atoms with Crippen molar-refractivity contribution >= 4 is 16.6 Å². The van der Waals surface area contributed by atoms with E-state index in [1.807, 2.05) is 7.11 Å². The van der Waals surface area contributed by atoms with Crippen molar-refractivity contribution in [2.45, 2.75) is 64.2 Å². The van der Waals surface area contributed by atoms with Crippen LogP contribution in [0.4, 0.5) is 0 Å². The molecular formula is C25H41N5O2S. The molecule has 2 heterocycles. The molecule has 2 saturated heterocycles. The van der Waals surface area contributed by atoms with E-state index >= 15 is 0 Å². The van der Waals surface area contributed by atoms with Crippen LogP contribution < -0.4 is 0 Å². The fourth-order valence-corrected chi connectivity index (χ4v) is 13.0. The Morgan fingerprint density at radius 1 is 0.818 bits per heavy atom. The summed E-state index contributed by atoms with van der Waals surface area (Å²) in [5, 5.41) is 3.53. The van der Waals surface area contributed by atoms with Crippen LogP contribution in [0.3, 0.4) is 0 Å². The van der Waals surface area contributed by atoms with Gasteiger partial charge in [-0.15, -0.1) is 0 Å². The number of hydrogen-bond acceptors (Lipinski definition) is 4. The van der Waals surface area contributed by atoms with E-state index in [1.165, 1.54) is 64.2 Å². The van der Waals surface area contributed by atoms with Crippen LogP contribution in [0.1, 0.15) is 64.2 Å². The molecule has 7 nitrogen and oxygen atoms in total. The number of hydrogen-bond donors (Lipinski definition) is 0. The van der Waals surface area contributed by atoms with Crippen LogP contribution in [0.2, 0.25) is 0 Å². The minimum absolute atomic E-state index is 0.231. The topological polar surface area (TPSA) is 81.5 Å². The van der Waals surface area contributed by atoms with E-state index < -0.39 is 10.7 Å². The third kappa shape index (κ3) is 3.76. The van der Waals surface area contributed by atoms with Crippen LogP contribution in [-0.2, 0) is 8.98 Å². The van der Waals surface area contributed by atoms with Gasteiger partial charge in [0.05, 0.1) is 12.9 Å². The molecule has 0 radical (unpaired) electrons. The summed E-state index contributed by atoms with van der Waals surface area (Å²) >= 11 is 0. The first-order valence-corrected chi connectivity index (χ1v) is 15.2. The molecule has 0 spiro atoms. The van der Waals surface area contributed by atoms with Crippen molar-refractivity contribution in [3.63, 3.8) is 0 Å². The molecule has 2 aliphatic heterocycles. The van der Waals surface area contributed by atoms with Crippen molar-refractivity contribution in [3.05, 3.63) is 10.4 Å². The van der Waals surface area contributed by atoms with Crippen LogP contribution in [0.25, 0.3) is 10.4 Å². The molecule has 0 aromatic heterocycles. The van der Waals surface area contributed by atoms with Crippen LogP contribution in [0.15, 0.2) is 5.11 Å². The van der Waals surface area contributed by atoms with Gasteiger partial charge in [0.25, 0.3) is 0 Å². The first kappa shape index (κ1) is 22.7. The Hall–Kier alpha value is -0.790. The summed E-state index contributed by atoms with van der Waals surface area (Å²) in [4.78, 5) is 15.7. The molecule has 0 bridgehead atoms. The summed E-state index contributed by atoms with van der Waals surface area (Å²) in [5.41, 5.74) is 8.99. The van der Waals surface area contributed by atoms with Gasteiger partial charge in [-0.2, -0.15) is 0 Å². The summed E-state index contributed by atoms with van der Waals surface area (Å²) in [6, 6.07) is 0. The third-order valence-corrected chi connectivity index (χ3v) is 14.0. The first-order chi connectivity index (χ1) is 16.1. The first-order valence-electron chi connectivity index (χ1n) is 13.6. The van der Waals surface area contributed by atoms with Gasteiger partial charge in [0.2, 0.25) is 5.91 Å². The fraction of sp³-hybridized carbons (Fsp3) is 0.960. The smallest absolute Gasteiger partial charge is 0.231 e. The Morgan fingerprint density at radius 3 is 1.70 bits per heavy atom. The highest BCUT2D eigenvalue weighted by Gasteiger charge is 2.55. The maximum atomic E-state index is 12.9. The van der Waals surface area contributed by atoms with Crippen molar-refractivity contribution in [2.24, 2.45) is 52.5 Å². The van der Waals surface area contributed by atoms with Crippen LogP contribution in [-0.4, -0.2) is 53.6 Å². The second kappa shape index (κ2) is 9.02. The van der Waals surface area contributed by atoms with Crippen LogP contribution in [0.5, 0.6) is 0 Å². The van der Waals surface area contributed by atoms with Gasteiger partial charge < -0.3 is 4.18 Å². The number of carbonyl (C=O) groups is 1. The van der Waals surface area contributed by atoms with Gasteiger partial charge in [0, 0.05) is 31.1 Å². The summed E-state index contributed by atoms with van der Waals surface area (Å²) < 4.78 is 11.8. The number of piperidine rings is 2. The Bertz CT molecular complexity index is 773. The maximum Gasteiger partial charge on any atom is 0.231 e. The van der Waals surface area contributed by atoms with Gasteiger partial charge in [-0.05, 0) is 107 Å². The highest BCUT2D eigenvalue weighted by molar-refractivity contribution is 8.26. The van der Waals surface area contributed by atoms with Gasteiger partial charge in [-0.25, -0.2) is 8.61 Å². The molecule has 6 aliphatic rings. The molecule has 8 heteroatoms. The average molecular weight is 476 g/mol. The van der Waals surface area contributed by atoms with Gasteiger partial charge >= 0.3 is 0 Å². The second-order valence-electron chi connectivity index (χ2n) is 11.9. The lowest BCUT2D eigenvalue weighted by Crippen LogP contribution is -2.57. The molecule has 6 fully saturated rings. The van der Waals surface area contributed by atoms with E-state index in [9.17, 15) is 4.79 Å².